The van der Waals surface area contributed by atoms with Crippen molar-refractivity contribution in [2.24, 2.45) is 0 Å². The van der Waals surface area contributed by atoms with Gasteiger partial charge in [-0.1, -0.05) is 23.4 Å². The molecule has 2 unspecified atom stereocenters. The minimum atomic E-state index is -5.88. The molecule has 1 aromatic carbocycles. The Kier molecular flexibility index (Phi) is 7.84. The Morgan fingerprint density at radius 2 is 1.33 bits per heavy atom. The zero-order valence-electron chi connectivity index (χ0n) is 13.1. The average molecular weight is 507 g/mol. The standard InChI is InChI=1S/C9H15ClO12P4S/c1-9(25(16,17)18,26(19,20)21)22-24(14,15)8(23(11,12)13)27-7-4-2-6(10)3-5-7/h2-5,8H,1H3,(H,14,15)(H2,11,12,13)(H2,16,17,18)(H2,19,20,21). The van der Waals surface area contributed by atoms with E-state index in [0.717, 1.165) is 0 Å². The van der Waals surface area contributed by atoms with E-state index in [1.54, 1.807) is 0 Å². The second-order valence-electron chi connectivity index (χ2n) is 5.16. The molecule has 0 aliphatic rings. The molecule has 0 spiro atoms. The van der Waals surface area contributed by atoms with Gasteiger partial charge in [-0.3, -0.25) is 22.8 Å². The fourth-order valence-electron chi connectivity index (χ4n) is 1.53. The summed E-state index contributed by atoms with van der Waals surface area (Å²) < 4.78 is 48.6. The monoisotopic (exact) mass is 506 g/mol. The second kappa shape index (κ2) is 8.30. The molecule has 0 aliphatic heterocycles. The number of hydrogen-bond acceptors (Lipinski definition) is 6. The number of benzene rings is 1. The summed E-state index contributed by atoms with van der Waals surface area (Å²) in [4.78, 5) is 65.5. The normalized spacial score (nSPS) is 17.4. The van der Waals surface area contributed by atoms with Gasteiger partial charge in [-0.2, -0.15) is 0 Å². The van der Waals surface area contributed by atoms with Gasteiger partial charge in [-0.25, -0.2) is 0 Å². The molecule has 0 saturated heterocycles. The Morgan fingerprint density at radius 1 is 0.926 bits per heavy atom. The van der Waals surface area contributed by atoms with Crippen LogP contribution in [0.3, 0.4) is 0 Å². The van der Waals surface area contributed by atoms with E-state index in [1.807, 2.05) is 0 Å². The maximum absolute atomic E-state index is 12.4. The minimum absolute atomic E-state index is 0.0136. The van der Waals surface area contributed by atoms with Crippen LogP contribution < -0.4 is 0 Å². The molecule has 12 nitrogen and oxygen atoms in total. The summed E-state index contributed by atoms with van der Waals surface area (Å²) in [6.45, 7) is 0.168. The lowest BCUT2D eigenvalue weighted by molar-refractivity contribution is 0.148. The molecule has 0 amide bonds. The van der Waals surface area contributed by atoms with Gasteiger partial charge in [0.1, 0.15) is 0 Å². The summed E-state index contributed by atoms with van der Waals surface area (Å²) in [7, 11) is -23.0. The van der Waals surface area contributed by atoms with Gasteiger partial charge in [-0.05, 0) is 31.2 Å². The largest absolute Gasteiger partial charge is 0.369 e. The number of hydrogen-bond donors (Lipinski definition) is 7. The SMILES string of the molecule is CC(OP(=O)(O)C(Sc1ccc(Cl)cc1)P(=O)(O)O)(P(=O)(O)O)P(=O)(O)O. The van der Waals surface area contributed by atoms with Gasteiger partial charge in [0.15, 0.2) is 0 Å². The van der Waals surface area contributed by atoms with Crippen LogP contribution in [0.15, 0.2) is 29.2 Å². The lowest BCUT2D eigenvalue weighted by Gasteiger charge is -2.34. The molecule has 0 radical (unpaired) electrons. The predicted molar refractivity (Wildman–Crippen MR) is 96.5 cm³/mol. The molecule has 0 bridgehead atoms. The Bertz CT molecular complexity index is 849. The van der Waals surface area contributed by atoms with Crippen molar-refractivity contribution in [3.63, 3.8) is 0 Å². The summed E-state index contributed by atoms with van der Waals surface area (Å²) in [6, 6.07) is 5.03. The molecular weight excluding hydrogens is 492 g/mol. The van der Waals surface area contributed by atoms with Crippen molar-refractivity contribution in [2.45, 2.75) is 21.6 Å². The highest BCUT2D eigenvalue weighted by molar-refractivity contribution is 8.12. The van der Waals surface area contributed by atoms with Gasteiger partial charge in [0.2, 0.25) is 4.73 Å². The minimum Gasteiger partial charge on any atom is -0.323 e. The van der Waals surface area contributed by atoms with Crippen molar-refractivity contribution in [2.75, 3.05) is 0 Å². The zero-order chi connectivity index (χ0) is 21.5. The Hall–Kier alpha value is 0.460. The lowest BCUT2D eigenvalue weighted by Crippen LogP contribution is -2.29. The first-order valence-corrected chi connectivity index (χ1v) is 14.2. The lowest BCUT2D eigenvalue weighted by atomic mass is 10.4. The first-order chi connectivity index (χ1) is 11.8. The van der Waals surface area contributed by atoms with E-state index in [9.17, 15) is 52.5 Å². The molecule has 156 valence electrons. The molecule has 1 rings (SSSR count). The number of halogens is 1. The van der Waals surface area contributed by atoms with Crippen LogP contribution in [-0.2, 0) is 22.8 Å². The first kappa shape index (κ1) is 25.5. The van der Waals surface area contributed by atoms with E-state index in [2.05, 4.69) is 4.52 Å². The number of thioether (sulfide) groups is 1. The van der Waals surface area contributed by atoms with Gasteiger partial charge >= 0.3 is 30.4 Å². The maximum Gasteiger partial charge on any atom is 0.369 e. The van der Waals surface area contributed by atoms with E-state index < -0.39 is 40.2 Å². The zero-order valence-corrected chi connectivity index (χ0v) is 18.3. The van der Waals surface area contributed by atoms with Crippen molar-refractivity contribution < 1.29 is 57.0 Å². The second-order valence-corrected chi connectivity index (χ2v) is 15.6. The van der Waals surface area contributed by atoms with Crippen LogP contribution in [0.5, 0.6) is 0 Å². The summed E-state index contributed by atoms with van der Waals surface area (Å²) in [5.41, 5.74) is 0. The van der Waals surface area contributed by atoms with E-state index in [4.69, 9.17) is 11.6 Å². The van der Waals surface area contributed by atoms with Crippen LogP contribution >= 0.6 is 53.7 Å². The van der Waals surface area contributed by atoms with Crippen molar-refractivity contribution >= 4 is 53.7 Å². The average Bonchev–Trinajstić information content (AvgIpc) is 2.42. The van der Waals surface area contributed by atoms with Crippen LogP contribution in [0.1, 0.15) is 6.92 Å². The van der Waals surface area contributed by atoms with Crippen molar-refractivity contribution in [1.29, 1.82) is 0 Å². The van der Waals surface area contributed by atoms with E-state index in [-0.39, 0.29) is 28.6 Å². The van der Waals surface area contributed by atoms with Gasteiger partial charge in [0.25, 0.3) is 5.08 Å². The fourth-order valence-corrected chi connectivity index (χ4v) is 9.29. The van der Waals surface area contributed by atoms with Crippen LogP contribution in [0.2, 0.25) is 5.02 Å². The molecule has 27 heavy (non-hydrogen) atoms. The topological polar surface area (TPSA) is 219 Å². The third-order valence-electron chi connectivity index (χ3n) is 3.01. The highest BCUT2D eigenvalue weighted by Crippen LogP contribution is 2.78. The molecule has 0 heterocycles. The summed E-state index contributed by atoms with van der Waals surface area (Å²) in [6.07, 6.45) is 0. The smallest absolute Gasteiger partial charge is 0.323 e. The molecular formula is C9H15ClO12P4S. The summed E-state index contributed by atoms with van der Waals surface area (Å²) >= 11 is 5.76. The third kappa shape index (κ3) is 6.22. The van der Waals surface area contributed by atoms with E-state index >= 15 is 0 Å². The Balaban J connectivity index is 3.41. The summed E-state index contributed by atoms with van der Waals surface area (Å²) in [5, 5.41) is -3.57. The Labute approximate surface area is 161 Å². The molecule has 0 aromatic heterocycles. The Morgan fingerprint density at radius 3 is 1.67 bits per heavy atom. The van der Waals surface area contributed by atoms with Crippen LogP contribution in [0.4, 0.5) is 0 Å². The maximum atomic E-state index is 12.4. The summed E-state index contributed by atoms with van der Waals surface area (Å²) in [5.74, 6) is 0. The van der Waals surface area contributed by atoms with Gasteiger partial charge < -0.3 is 34.3 Å². The van der Waals surface area contributed by atoms with E-state index in [1.165, 1.54) is 24.3 Å². The van der Waals surface area contributed by atoms with Gasteiger partial charge in [0.05, 0.1) is 0 Å². The van der Waals surface area contributed by atoms with Gasteiger partial charge in [-0.15, -0.1) is 0 Å². The third-order valence-corrected chi connectivity index (χ3v) is 14.0. The quantitative estimate of drug-likeness (QED) is 0.199. The van der Waals surface area contributed by atoms with Crippen molar-refractivity contribution in [3.8, 4) is 0 Å². The van der Waals surface area contributed by atoms with Crippen molar-refractivity contribution in [3.05, 3.63) is 29.3 Å². The molecule has 7 N–H and O–H groups in total. The molecule has 0 aliphatic carbocycles. The molecule has 0 fully saturated rings. The van der Waals surface area contributed by atoms with Crippen molar-refractivity contribution in [1.82, 2.24) is 0 Å². The van der Waals surface area contributed by atoms with Crippen LogP contribution in [0.25, 0.3) is 0 Å². The first-order valence-electron chi connectivity index (χ1n) is 6.43. The molecule has 18 heteroatoms. The van der Waals surface area contributed by atoms with Gasteiger partial charge in [0, 0.05) is 9.92 Å². The predicted octanol–water partition coefficient (Wildman–Crippen LogP) is 2.12. The fraction of sp³-hybridized carbons (Fsp3) is 0.333. The van der Waals surface area contributed by atoms with Crippen LogP contribution in [0, 0.1) is 0 Å². The molecule has 2 atom stereocenters. The molecule has 1 aromatic rings. The van der Waals surface area contributed by atoms with E-state index in [0.29, 0.717) is 0 Å². The highest BCUT2D eigenvalue weighted by atomic mass is 35.5. The molecule has 0 saturated carbocycles. The van der Waals surface area contributed by atoms with Crippen LogP contribution in [-0.4, -0.2) is 44.1 Å². The highest BCUT2D eigenvalue weighted by Gasteiger charge is 2.63. The number of rotatable bonds is 8.